The van der Waals surface area contributed by atoms with E-state index in [-0.39, 0.29) is 37.2 Å². The van der Waals surface area contributed by atoms with Crippen molar-refractivity contribution in [2.75, 3.05) is 32.8 Å². The van der Waals surface area contributed by atoms with Gasteiger partial charge in [-0.3, -0.25) is 0 Å². The summed E-state index contributed by atoms with van der Waals surface area (Å²) in [5, 5.41) is 2.81. The summed E-state index contributed by atoms with van der Waals surface area (Å²) in [6, 6.07) is 13.1. The molecule has 1 aliphatic rings. The molecule has 1 N–H and O–H groups in total. The van der Waals surface area contributed by atoms with E-state index in [0.717, 1.165) is 11.1 Å². The number of urea groups is 1. The molecular formula is C23H28F3N3O4S. The minimum atomic E-state index is -4.36. The number of aryl methyl sites for hydroxylation is 1. The molecule has 0 aromatic heterocycles. The van der Waals surface area contributed by atoms with Crippen molar-refractivity contribution < 1.29 is 31.1 Å². The number of carbonyl (C=O) groups is 1. The Morgan fingerprint density at radius 1 is 0.971 bits per heavy atom. The van der Waals surface area contributed by atoms with E-state index in [2.05, 4.69) is 10.1 Å². The van der Waals surface area contributed by atoms with Crippen molar-refractivity contribution in [3.63, 3.8) is 0 Å². The number of alkyl halides is 3. The van der Waals surface area contributed by atoms with Crippen molar-refractivity contribution in [1.82, 2.24) is 14.5 Å². The van der Waals surface area contributed by atoms with Crippen LogP contribution in [0.1, 0.15) is 23.1 Å². The number of hydrogen-bond acceptors (Lipinski definition) is 4. The first kappa shape index (κ1) is 26.0. The molecule has 34 heavy (non-hydrogen) atoms. The summed E-state index contributed by atoms with van der Waals surface area (Å²) in [7, 11) is -3.62. The van der Waals surface area contributed by atoms with Crippen molar-refractivity contribution in [3.05, 3.63) is 65.2 Å². The Bertz CT molecular complexity index is 1060. The average Bonchev–Trinajstić information content (AvgIpc) is 3.05. The zero-order valence-electron chi connectivity index (χ0n) is 18.8. The Labute approximate surface area is 197 Å². The molecule has 2 aromatic rings. The van der Waals surface area contributed by atoms with E-state index in [9.17, 15) is 26.4 Å². The summed E-state index contributed by atoms with van der Waals surface area (Å²) in [6.07, 6.45) is -3.84. The third-order valence-electron chi connectivity index (χ3n) is 5.40. The minimum Gasteiger partial charge on any atom is -0.367 e. The van der Waals surface area contributed by atoms with Gasteiger partial charge in [0.05, 0.1) is 11.5 Å². The van der Waals surface area contributed by atoms with Gasteiger partial charge < -0.3 is 15.0 Å². The normalized spacial score (nSPS) is 15.7. The van der Waals surface area contributed by atoms with Crippen LogP contribution in [0.25, 0.3) is 0 Å². The lowest BCUT2D eigenvalue weighted by Gasteiger charge is -2.22. The van der Waals surface area contributed by atoms with Gasteiger partial charge in [-0.25, -0.2) is 13.2 Å². The monoisotopic (exact) mass is 499 g/mol. The molecule has 0 spiro atoms. The maximum atomic E-state index is 12.9. The molecular weight excluding hydrogens is 471 g/mol. The van der Waals surface area contributed by atoms with Crippen molar-refractivity contribution in [3.8, 4) is 0 Å². The molecule has 0 atom stereocenters. The van der Waals surface area contributed by atoms with Crippen molar-refractivity contribution >= 4 is 16.1 Å². The predicted molar refractivity (Wildman–Crippen MR) is 121 cm³/mol. The largest absolute Gasteiger partial charge is 0.411 e. The number of sulfonamides is 1. The molecule has 1 aliphatic heterocycles. The zero-order valence-corrected chi connectivity index (χ0v) is 19.7. The molecule has 2 amide bonds. The number of nitrogens with one attached hydrogen (secondary N) is 1. The smallest absolute Gasteiger partial charge is 0.367 e. The number of ether oxygens (including phenoxy) is 1. The van der Waals surface area contributed by atoms with Gasteiger partial charge >= 0.3 is 12.2 Å². The van der Waals surface area contributed by atoms with Crippen molar-refractivity contribution in [1.29, 1.82) is 0 Å². The summed E-state index contributed by atoms with van der Waals surface area (Å²) in [6.45, 7) is 1.92. The quantitative estimate of drug-likeness (QED) is 0.631. The number of hydrogen-bond donors (Lipinski definition) is 1. The first-order valence-corrected chi connectivity index (χ1v) is 12.3. The van der Waals surface area contributed by atoms with Crippen LogP contribution in [0.4, 0.5) is 18.0 Å². The lowest BCUT2D eigenvalue weighted by atomic mass is 10.1. The number of benzene rings is 2. The Balaban J connectivity index is 1.48. The van der Waals surface area contributed by atoms with Crippen LogP contribution >= 0.6 is 0 Å². The molecule has 2 aromatic carbocycles. The Hall–Kier alpha value is -2.63. The highest BCUT2D eigenvalue weighted by Crippen LogP contribution is 2.19. The lowest BCUT2D eigenvalue weighted by molar-refractivity contribution is -0.176. The number of halogens is 3. The van der Waals surface area contributed by atoms with Gasteiger partial charge in [0, 0.05) is 32.7 Å². The van der Waals surface area contributed by atoms with Crippen LogP contribution in [0.5, 0.6) is 0 Å². The SMILES string of the molecule is Cc1ccc(S(=O)(=O)N2CCCN(C(=O)NCc3ccc(COCC(F)(F)F)cc3)CC2)cc1. The Kier molecular flexibility index (Phi) is 8.56. The van der Waals surface area contributed by atoms with Gasteiger partial charge in [0.2, 0.25) is 10.0 Å². The highest BCUT2D eigenvalue weighted by Gasteiger charge is 2.28. The fraction of sp³-hybridized carbons (Fsp3) is 0.435. The second-order valence-electron chi connectivity index (χ2n) is 8.14. The number of nitrogens with zero attached hydrogens (tertiary/aromatic N) is 2. The van der Waals surface area contributed by atoms with E-state index < -0.39 is 22.8 Å². The average molecular weight is 500 g/mol. The lowest BCUT2D eigenvalue weighted by Crippen LogP contribution is -2.42. The Morgan fingerprint density at radius 3 is 2.26 bits per heavy atom. The van der Waals surface area contributed by atoms with Gasteiger partial charge in [-0.15, -0.1) is 0 Å². The van der Waals surface area contributed by atoms with Crippen LogP contribution in [0.2, 0.25) is 0 Å². The predicted octanol–water partition coefficient (Wildman–Crippen LogP) is 3.68. The van der Waals surface area contributed by atoms with Gasteiger partial charge in [-0.2, -0.15) is 17.5 Å². The molecule has 1 fully saturated rings. The molecule has 11 heteroatoms. The summed E-state index contributed by atoms with van der Waals surface area (Å²) < 4.78 is 68.3. The van der Waals surface area contributed by atoms with Crippen LogP contribution in [0.15, 0.2) is 53.4 Å². The molecule has 1 saturated heterocycles. The molecule has 186 valence electrons. The van der Waals surface area contributed by atoms with Crippen LogP contribution in [-0.4, -0.2) is 62.6 Å². The summed E-state index contributed by atoms with van der Waals surface area (Å²) in [5.41, 5.74) is 2.36. The first-order chi connectivity index (χ1) is 16.0. The fourth-order valence-electron chi connectivity index (χ4n) is 3.52. The summed E-state index contributed by atoms with van der Waals surface area (Å²) in [4.78, 5) is 14.4. The van der Waals surface area contributed by atoms with E-state index in [0.29, 0.717) is 25.1 Å². The first-order valence-electron chi connectivity index (χ1n) is 10.9. The van der Waals surface area contributed by atoms with Crippen LogP contribution in [0, 0.1) is 6.92 Å². The molecule has 3 rings (SSSR count). The third kappa shape index (κ3) is 7.44. The van der Waals surface area contributed by atoms with Gasteiger partial charge in [-0.1, -0.05) is 42.0 Å². The number of carbonyl (C=O) groups excluding carboxylic acids is 1. The van der Waals surface area contributed by atoms with E-state index >= 15 is 0 Å². The van der Waals surface area contributed by atoms with Gasteiger partial charge in [0.1, 0.15) is 6.61 Å². The summed E-state index contributed by atoms with van der Waals surface area (Å²) in [5.74, 6) is 0. The van der Waals surface area contributed by atoms with Crippen molar-refractivity contribution in [2.24, 2.45) is 0 Å². The van der Waals surface area contributed by atoms with Crippen LogP contribution in [-0.2, 0) is 27.9 Å². The molecule has 0 radical (unpaired) electrons. The zero-order chi connectivity index (χ0) is 24.8. The van der Waals surface area contributed by atoms with E-state index in [4.69, 9.17) is 0 Å². The molecule has 1 heterocycles. The second-order valence-corrected chi connectivity index (χ2v) is 10.1. The second kappa shape index (κ2) is 11.2. The van der Waals surface area contributed by atoms with E-state index in [1.165, 1.54) is 4.31 Å². The van der Waals surface area contributed by atoms with Crippen LogP contribution in [0.3, 0.4) is 0 Å². The highest BCUT2D eigenvalue weighted by atomic mass is 32.2. The van der Waals surface area contributed by atoms with E-state index in [1.807, 2.05) is 6.92 Å². The fourth-order valence-corrected chi connectivity index (χ4v) is 4.99. The van der Waals surface area contributed by atoms with Crippen LogP contribution < -0.4 is 5.32 Å². The van der Waals surface area contributed by atoms with Gasteiger partial charge in [0.15, 0.2) is 0 Å². The maximum Gasteiger partial charge on any atom is 0.411 e. The standard InChI is InChI=1S/C23H28F3N3O4S/c1-18-3-9-21(10-4-18)34(31,32)29-12-2-11-28(13-14-29)22(30)27-15-19-5-7-20(8-6-19)16-33-17-23(24,25)26/h3-10H,2,11-17H2,1H3,(H,27,30). The van der Waals surface area contributed by atoms with Gasteiger partial charge in [0.25, 0.3) is 0 Å². The Morgan fingerprint density at radius 2 is 1.62 bits per heavy atom. The van der Waals surface area contributed by atoms with Gasteiger partial charge in [-0.05, 0) is 36.6 Å². The molecule has 0 bridgehead atoms. The number of amides is 2. The molecule has 0 aliphatic carbocycles. The number of rotatable bonds is 7. The molecule has 0 saturated carbocycles. The maximum absolute atomic E-state index is 12.9. The van der Waals surface area contributed by atoms with E-state index in [1.54, 1.807) is 53.4 Å². The molecule has 7 nitrogen and oxygen atoms in total. The molecule has 0 unspecified atom stereocenters. The third-order valence-corrected chi connectivity index (χ3v) is 7.31. The van der Waals surface area contributed by atoms with Crippen molar-refractivity contribution in [2.45, 2.75) is 37.6 Å². The topological polar surface area (TPSA) is 79.0 Å². The summed E-state index contributed by atoms with van der Waals surface area (Å²) >= 11 is 0. The highest BCUT2D eigenvalue weighted by molar-refractivity contribution is 7.89. The minimum absolute atomic E-state index is 0.151.